The zero-order valence-corrected chi connectivity index (χ0v) is 14.6. The molecule has 2 aromatic rings. The highest BCUT2D eigenvalue weighted by Gasteiger charge is 2.24. The van der Waals surface area contributed by atoms with Gasteiger partial charge in [-0.3, -0.25) is 14.9 Å². The van der Waals surface area contributed by atoms with Gasteiger partial charge in [0.25, 0.3) is 5.91 Å². The number of aryl methyl sites for hydroxylation is 2. The summed E-state index contributed by atoms with van der Waals surface area (Å²) in [5.74, 6) is -2.65. The molecular weight excluding hydrogens is 363 g/mol. The second-order valence-electron chi connectivity index (χ2n) is 5.64. The Morgan fingerprint density at radius 2 is 1.96 bits per heavy atom. The molecular formula is C17H15FN2O7. The number of halogens is 1. The lowest BCUT2D eigenvalue weighted by molar-refractivity contribution is -0.387. The highest BCUT2D eigenvalue weighted by Crippen LogP contribution is 2.22. The average Bonchev–Trinajstić information content (AvgIpc) is 2.55. The van der Waals surface area contributed by atoms with Crippen LogP contribution in [-0.4, -0.2) is 22.9 Å². The first kappa shape index (κ1) is 19.8. The summed E-state index contributed by atoms with van der Waals surface area (Å²) in [6, 6.07) is 3.94. The van der Waals surface area contributed by atoms with Gasteiger partial charge < -0.3 is 14.5 Å². The lowest BCUT2D eigenvalue weighted by atomic mass is 10.1. The van der Waals surface area contributed by atoms with Crippen LogP contribution in [0.1, 0.15) is 28.6 Å². The third kappa shape index (κ3) is 4.54. The third-order valence-electron chi connectivity index (χ3n) is 3.60. The molecule has 27 heavy (non-hydrogen) atoms. The van der Waals surface area contributed by atoms with Crippen LogP contribution in [0.25, 0.3) is 0 Å². The number of ether oxygens (including phenoxy) is 1. The Morgan fingerprint density at radius 1 is 1.30 bits per heavy atom. The molecule has 0 saturated carbocycles. The summed E-state index contributed by atoms with van der Waals surface area (Å²) in [6.45, 7) is 4.21. The van der Waals surface area contributed by atoms with Crippen molar-refractivity contribution in [3.63, 3.8) is 0 Å². The Labute approximate surface area is 151 Å². The normalized spacial score (nSPS) is 11.6. The zero-order chi connectivity index (χ0) is 20.3. The van der Waals surface area contributed by atoms with E-state index >= 15 is 0 Å². The number of nitro groups is 1. The lowest BCUT2D eigenvalue weighted by Gasteiger charge is -2.15. The van der Waals surface area contributed by atoms with Crippen molar-refractivity contribution in [2.45, 2.75) is 26.9 Å². The molecule has 0 aliphatic carbocycles. The van der Waals surface area contributed by atoms with Gasteiger partial charge in [-0.2, -0.15) is 4.39 Å². The summed E-state index contributed by atoms with van der Waals surface area (Å²) in [7, 11) is 0. The minimum atomic E-state index is -1.27. The molecule has 1 N–H and O–H groups in total. The van der Waals surface area contributed by atoms with E-state index in [9.17, 15) is 28.9 Å². The number of rotatable bonds is 5. The number of benzene rings is 1. The average molecular weight is 378 g/mol. The van der Waals surface area contributed by atoms with Gasteiger partial charge in [0.2, 0.25) is 5.82 Å². The van der Waals surface area contributed by atoms with Gasteiger partial charge >= 0.3 is 17.3 Å². The third-order valence-corrected chi connectivity index (χ3v) is 3.60. The molecule has 142 valence electrons. The second kappa shape index (κ2) is 7.77. The van der Waals surface area contributed by atoms with Crippen LogP contribution >= 0.6 is 0 Å². The number of hydrogen-bond donors (Lipinski definition) is 1. The first-order valence-electron chi connectivity index (χ1n) is 7.67. The Morgan fingerprint density at radius 3 is 2.56 bits per heavy atom. The number of hydrogen-bond acceptors (Lipinski definition) is 7. The fourth-order valence-corrected chi connectivity index (χ4v) is 2.31. The molecule has 0 saturated heterocycles. The van der Waals surface area contributed by atoms with Crippen LogP contribution in [0.2, 0.25) is 0 Å². The highest BCUT2D eigenvalue weighted by atomic mass is 19.1. The Balaban J connectivity index is 2.12. The molecule has 0 spiro atoms. The number of nitrogens with zero attached hydrogens (tertiary/aromatic N) is 1. The Kier molecular flexibility index (Phi) is 5.69. The molecule has 0 fully saturated rings. The van der Waals surface area contributed by atoms with Crippen LogP contribution in [0.15, 0.2) is 33.5 Å². The first-order valence-corrected chi connectivity index (χ1v) is 7.67. The van der Waals surface area contributed by atoms with Gasteiger partial charge in [-0.1, -0.05) is 0 Å². The van der Waals surface area contributed by atoms with Crippen LogP contribution in [-0.2, 0) is 9.53 Å². The topological polar surface area (TPSA) is 129 Å². The molecule has 10 heteroatoms. The van der Waals surface area contributed by atoms with Crippen LogP contribution in [0.3, 0.4) is 0 Å². The second-order valence-corrected chi connectivity index (χ2v) is 5.64. The predicted octanol–water partition coefficient (Wildman–Crippen LogP) is 2.49. The summed E-state index contributed by atoms with van der Waals surface area (Å²) in [4.78, 5) is 45.5. The quantitative estimate of drug-likeness (QED) is 0.481. The van der Waals surface area contributed by atoms with Crippen molar-refractivity contribution in [3.8, 4) is 0 Å². The van der Waals surface area contributed by atoms with Gasteiger partial charge in [0.15, 0.2) is 6.10 Å². The van der Waals surface area contributed by atoms with E-state index < -0.39 is 40.0 Å². The molecule has 1 heterocycles. The van der Waals surface area contributed by atoms with E-state index in [1.807, 2.05) is 0 Å². The predicted molar refractivity (Wildman–Crippen MR) is 91.0 cm³/mol. The van der Waals surface area contributed by atoms with Crippen LogP contribution in [0.4, 0.5) is 15.8 Å². The maximum atomic E-state index is 13.3. The van der Waals surface area contributed by atoms with Crippen molar-refractivity contribution < 1.29 is 28.1 Å². The van der Waals surface area contributed by atoms with Crippen molar-refractivity contribution in [3.05, 3.63) is 67.5 Å². The summed E-state index contributed by atoms with van der Waals surface area (Å²) >= 11 is 0. The maximum absolute atomic E-state index is 13.3. The standard InChI is InChI=1S/C17H15FN2O7/c1-8-6-14(21)26-9(2)15(8)17(23)27-10(3)16(22)19-11-4-5-12(18)13(7-11)20(24)25/h4-7,10H,1-3H3,(H,19,22)/t10-/m0/s1. The molecule has 2 rings (SSSR count). The molecule has 0 unspecified atom stereocenters. The number of nitro benzene ring substituents is 1. The smallest absolute Gasteiger partial charge is 0.342 e. The SMILES string of the molecule is Cc1cc(=O)oc(C)c1C(=O)O[C@@H](C)C(=O)Nc1ccc(F)c([N+](=O)[O-])c1. The van der Waals surface area contributed by atoms with E-state index in [4.69, 9.17) is 9.15 Å². The molecule has 0 radical (unpaired) electrons. The van der Waals surface area contributed by atoms with Crippen molar-refractivity contribution in [2.75, 3.05) is 5.32 Å². The maximum Gasteiger partial charge on any atom is 0.342 e. The van der Waals surface area contributed by atoms with Crippen molar-refractivity contribution >= 4 is 23.3 Å². The number of carbonyl (C=O) groups is 2. The van der Waals surface area contributed by atoms with Crippen LogP contribution < -0.4 is 10.9 Å². The molecule has 1 aromatic heterocycles. The van der Waals surface area contributed by atoms with Crippen LogP contribution in [0.5, 0.6) is 0 Å². The first-order chi connectivity index (χ1) is 12.6. The largest absolute Gasteiger partial charge is 0.449 e. The van der Waals surface area contributed by atoms with Gasteiger partial charge in [0.05, 0.1) is 4.92 Å². The van der Waals surface area contributed by atoms with Crippen LogP contribution in [0, 0.1) is 29.8 Å². The van der Waals surface area contributed by atoms with E-state index in [1.165, 1.54) is 20.8 Å². The summed E-state index contributed by atoms with van der Waals surface area (Å²) < 4.78 is 23.2. The zero-order valence-electron chi connectivity index (χ0n) is 14.6. The minimum Gasteiger partial charge on any atom is -0.449 e. The number of amides is 1. The molecule has 9 nitrogen and oxygen atoms in total. The van der Waals surface area contributed by atoms with Crippen molar-refractivity contribution in [2.24, 2.45) is 0 Å². The van der Waals surface area contributed by atoms with E-state index in [1.54, 1.807) is 0 Å². The van der Waals surface area contributed by atoms with E-state index in [-0.39, 0.29) is 17.0 Å². The number of carbonyl (C=O) groups excluding carboxylic acids is 2. The Bertz CT molecular complexity index is 957. The summed E-state index contributed by atoms with van der Waals surface area (Å²) in [5, 5.41) is 13.0. The van der Waals surface area contributed by atoms with E-state index in [2.05, 4.69) is 5.32 Å². The van der Waals surface area contributed by atoms with Gasteiger partial charge in [-0.25, -0.2) is 9.59 Å². The van der Waals surface area contributed by atoms with Crippen molar-refractivity contribution in [1.29, 1.82) is 0 Å². The van der Waals surface area contributed by atoms with E-state index in [0.29, 0.717) is 5.56 Å². The van der Waals surface area contributed by atoms with Gasteiger partial charge in [0, 0.05) is 17.8 Å². The monoisotopic (exact) mass is 378 g/mol. The highest BCUT2D eigenvalue weighted by molar-refractivity contribution is 5.98. The molecule has 0 aliphatic rings. The number of nitrogens with one attached hydrogen (secondary N) is 1. The summed E-state index contributed by atoms with van der Waals surface area (Å²) in [6.07, 6.45) is -1.27. The van der Waals surface area contributed by atoms with Gasteiger partial charge in [-0.05, 0) is 38.5 Å². The molecule has 1 atom stereocenters. The minimum absolute atomic E-state index is 0.0201. The van der Waals surface area contributed by atoms with Crippen molar-refractivity contribution in [1.82, 2.24) is 0 Å². The summed E-state index contributed by atoms with van der Waals surface area (Å²) in [5.41, 5.74) is -1.11. The molecule has 1 amide bonds. The number of esters is 1. The van der Waals surface area contributed by atoms with E-state index in [0.717, 1.165) is 24.3 Å². The molecule has 1 aromatic carbocycles. The van der Waals surface area contributed by atoms with Gasteiger partial charge in [-0.15, -0.1) is 0 Å². The fourth-order valence-electron chi connectivity index (χ4n) is 2.31. The molecule has 0 bridgehead atoms. The van der Waals surface area contributed by atoms with Gasteiger partial charge in [0.1, 0.15) is 11.3 Å². The fraction of sp³-hybridized carbons (Fsp3) is 0.235. The number of anilines is 1. The molecule has 0 aliphatic heterocycles. The Hall–Kier alpha value is -3.56. The lowest BCUT2D eigenvalue weighted by Crippen LogP contribution is -2.30.